The predicted molar refractivity (Wildman–Crippen MR) is 114 cm³/mol. The summed E-state index contributed by atoms with van der Waals surface area (Å²) in [6.45, 7) is 4.72. The number of amides is 1. The predicted octanol–water partition coefficient (Wildman–Crippen LogP) is 2.01. The molecule has 0 radical (unpaired) electrons. The monoisotopic (exact) mass is 443 g/mol. The number of thiazole rings is 2. The van der Waals surface area contributed by atoms with Gasteiger partial charge >= 0.3 is 5.69 Å². The van der Waals surface area contributed by atoms with Gasteiger partial charge in [-0.25, -0.2) is 19.4 Å². The molecule has 1 unspecified atom stereocenters. The van der Waals surface area contributed by atoms with E-state index in [1.54, 1.807) is 15.9 Å². The van der Waals surface area contributed by atoms with E-state index in [-0.39, 0.29) is 17.6 Å². The highest BCUT2D eigenvalue weighted by atomic mass is 32.1. The number of imidazole rings is 1. The standard InChI is InChI=1S/C19H21N7O2S2/c1-11-16(25-7-8-29-18(25)20-11)17(27)22-13-3-4-15-23-26(19(28)24(15)6-5-13)9-14-10-30-12(2)21-14/h7-8,10,13H,3-6,9H2,1-2H3,(H,22,27). The van der Waals surface area contributed by atoms with E-state index in [0.29, 0.717) is 31.6 Å². The molecule has 4 aromatic rings. The van der Waals surface area contributed by atoms with E-state index < -0.39 is 0 Å². The molecule has 0 fully saturated rings. The van der Waals surface area contributed by atoms with Crippen molar-refractivity contribution in [3.05, 3.63) is 55.4 Å². The van der Waals surface area contributed by atoms with E-state index in [4.69, 9.17) is 0 Å². The van der Waals surface area contributed by atoms with Gasteiger partial charge in [-0.3, -0.25) is 13.8 Å². The van der Waals surface area contributed by atoms with Crippen molar-refractivity contribution in [1.29, 1.82) is 0 Å². The van der Waals surface area contributed by atoms with Crippen LogP contribution in [0.15, 0.2) is 21.8 Å². The first-order valence-electron chi connectivity index (χ1n) is 9.80. The zero-order chi connectivity index (χ0) is 20.8. The van der Waals surface area contributed by atoms with E-state index in [2.05, 4.69) is 20.4 Å². The number of nitrogens with one attached hydrogen (secondary N) is 1. The van der Waals surface area contributed by atoms with Gasteiger partial charge in [0, 0.05) is 36.0 Å². The molecule has 156 valence electrons. The Labute approximate surface area is 180 Å². The molecule has 30 heavy (non-hydrogen) atoms. The van der Waals surface area contributed by atoms with Crippen molar-refractivity contribution in [2.75, 3.05) is 0 Å². The van der Waals surface area contributed by atoms with Crippen molar-refractivity contribution in [3.8, 4) is 0 Å². The third-order valence-electron chi connectivity index (χ3n) is 5.38. The number of aromatic nitrogens is 6. The summed E-state index contributed by atoms with van der Waals surface area (Å²) in [6, 6.07) is -0.0168. The maximum absolute atomic E-state index is 12.9. The van der Waals surface area contributed by atoms with Gasteiger partial charge in [0.2, 0.25) is 0 Å². The number of fused-ring (bicyclic) bond motifs is 2. The molecule has 0 saturated carbocycles. The lowest BCUT2D eigenvalue weighted by atomic mass is 10.1. The molecule has 1 amide bonds. The maximum Gasteiger partial charge on any atom is 0.346 e. The Bertz CT molecular complexity index is 1290. The van der Waals surface area contributed by atoms with E-state index in [1.807, 2.05) is 35.2 Å². The van der Waals surface area contributed by atoms with Gasteiger partial charge in [-0.05, 0) is 26.7 Å². The van der Waals surface area contributed by atoms with Crippen molar-refractivity contribution in [1.82, 2.24) is 34.0 Å². The van der Waals surface area contributed by atoms with Crippen LogP contribution in [0, 0.1) is 13.8 Å². The minimum absolute atomic E-state index is 0.0168. The van der Waals surface area contributed by atoms with Crippen LogP contribution >= 0.6 is 22.7 Å². The van der Waals surface area contributed by atoms with Crippen LogP contribution in [0.1, 0.15) is 45.5 Å². The highest BCUT2D eigenvalue weighted by molar-refractivity contribution is 7.15. The Hall–Kier alpha value is -2.79. The first kappa shape index (κ1) is 19.2. The third kappa shape index (κ3) is 3.37. The zero-order valence-electron chi connectivity index (χ0n) is 16.7. The topological polar surface area (TPSA) is 99.1 Å². The van der Waals surface area contributed by atoms with Crippen molar-refractivity contribution in [2.24, 2.45) is 0 Å². The second kappa shape index (κ2) is 7.47. The quantitative estimate of drug-likeness (QED) is 0.520. The van der Waals surface area contributed by atoms with Gasteiger partial charge in [0.25, 0.3) is 5.91 Å². The van der Waals surface area contributed by atoms with Gasteiger partial charge < -0.3 is 5.32 Å². The van der Waals surface area contributed by atoms with Crippen LogP contribution < -0.4 is 11.0 Å². The van der Waals surface area contributed by atoms with Crippen LogP contribution in [0.3, 0.4) is 0 Å². The Kier molecular flexibility index (Phi) is 4.78. The second-order valence-electron chi connectivity index (χ2n) is 7.47. The average Bonchev–Trinajstić information content (AvgIpc) is 3.41. The van der Waals surface area contributed by atoms with Crippen LogP contribution in [0.25, 0.3) is 4.96 Å². The molecular weight excluding hydrogens is 422 g/mol. The molecule has 0 saturated heterocycles. The average molecular weight is 444 g/mol. The minimum atomic E-state index is -0.126. The summed E-state index contributed by atoms with van der Waals surface area (Å²) < 4.78 is 5.05. The summed E-state index contributed by atoms with van der Waals surface area (Å²) >= 11 is 3.07. The number of hydrogen-bond acceptors (Lipinski definition) is 7. The lowest BCUT2D eigenvalue weighted by Crippen LogP contribution is -2.36. The van der Waals surface area contributed by atoms with Crippen molar-refractivity contribution < 1.29 is 4.79 Å². The summed E-state index contributed by atoms with van der Waals surface area (Å²) in [7, 11) is 0. The largest absolute Gasteiger partial charge is 0.348 e. The summed E-state index contributed by atoms with van der Waals surface area (Å²) in [4.78, 5) is 35.4. The van der Waals surface area contributed by atoms with Gasteiger partial charge in [0.05, 0.1) is 22.9 Å². The van der Waals surface area contributed by atoms with E-state index in [9.17, 15) is 9.59 Å². The summed E-state index contributed by atoms with van der Waals surface area (Å²) in [5.41, 5.74) is 2.04. The summed E-state index contributed by atoms with van der Waals surface area (Å²) in [6.07, 6.45) is 3.93. The van der Waals surface area contributed by atoms with Gasteiger partial charge in [0.15, 0.2) is 4.96 Å². The van der Waals surface area contributed by atoms with Crippen LogP contribution in [0.2, 0.25) is 0 Å². The normalized spacial score (nSPS) is 16.5. The molecule has 0 aromatic carbocycles. The fraction of sp³-hybridized carbons (Fsp3) is 0.421. The van der Waals surface area contributed by atoms with Gasteiger partial charge in [0.1, 0.15) is 11.5 Å². The number of carbonyl (C=O) groups excluding carboxylic acids is 1. The number of aryl methyl sites for hydroxylation is 3. The molecule has 0 spiro atoms. The smallest absolute Gasteiger partial charge is 0.346 e. The lowest BCUT2D eigenvalue weighted by Gasteiger charge is -2.16. The Balaban J connectivity index is 1.29. The van der Waals surface area contributed by atoms with Gasteiger partial charge in [-0.1, -0.05) is 0 Å². The molecule has 5 rings (SSSR count). The van der Waals surface area contributed by atoms with Crippen molar-refractivity contribution in [2.45, 2.75) is 52.2 Å². The minimum Gasteiger partial charge on any atom is -0.348 e. The second-order valence-corrected chi connectivity index (χ2v) is 9.40. The maximum atomic E-state index is 12.9. The molecule has 5 heterocycles. The SMILES string of the molecule is Cc1nc(Cn2nc3n(c2=O)CCC(NC(=O)c2c(C)nc4sccn24)CC3)cs1. The van der Waals surface area contributed by atoms with Crippen LogP contribution in [-0.4, -0.2) is 40.7 Å². The molecule has 0 bridgehead atoms. The van der Waals surface area contributed by atoms with Gasteiger partial charge in [-0.2, -0.15) is 5.10 Å². The zero-order valence-corrected chi connectivity index (χ0v) is 18.3. The first-order valence-corrected chi connectivity index (χ1v) is 11.6. The number of hydrogen-bond donors (Lipinski definition) is 1. The number of rotatable bonds is 4. The number of nitrogens with zero attached hydrogens (tertiary/aromatic N) is 6. The Morgan fingerprint density at radius 2 is 2.13 bits per heavy atom. The molecule has 1 aliphatic heterocycles. The van der Waals surface area contributed by atoms with Crippen molar-refractivity contribution in [3.63, 3.8) is 0 Å². The van der Waals surface area contributed by atoms with Gasteiger partial charge in [-0.15, -0.1) is 22.7 Å². The molecule has 4 aromatic heterocycles. The number of carbonyl (C=O) groups is 1. The fourth-order valence-corrected chi connectivity index (χ4v) is 5.29. The third-order valence-corrected chi connectivity index (χ3v) is 6.96. The summed E-state index contributed by atoms with van der Waals surface area (Å²) in [5, 5.41) is 12.5. The molecular formula is C19H21N7O2S2. The lowest BCUT2D eigenvalue weighted by molar-refractivity contribution is 0.0926. The Morgan fingerprint density at radius 3 is 2.93 bits per heavy atom. The molecule has 1 N–H and O–H groups in total. The molecule has 9 nitrogen and oxygen atoms in total. The van der Waals surface area contributed by atoms with E-state index in [0.717, 1.165) is 33.6 Å². The van der Waals surface area contributed by atoms with E-state index in [1.165, 1.54) is 16.0 Å². The Morgan fingerprint density at radius 1 is 1.27 bits per heavy atom. The molecule has 11 heteroatoms. The molecule has 0 aliphatic carbocycles. The van der Waals surface area contributed by atoms with Crippen molar-refractivity contribution >= 4 is 33.5 Å². The molecule has 1 atom stereocenters. The van der Waals surface area contributed by atoms with Crippen LogP contribution in [0.5, 0.6) is 0 Å². The fourth-order valence-electron chi connectivity index (χ4n) is 3.93. The first-order chi connectivity index (χ1) is 14.5. The summed E-state index contributed by atoms with van der Waals surface area (Å²) in [5.74, 6) is 0.642. The highest BCUT2D eigenvalue weighted by Gasteiger charge is 2.25. The van der Waals surface area contributed by atoms with Crippen LogP contribution in [-0.2, 0) is 19.5 Å². The van der Waals surface area contributed by atoms with E-state index >= 15 is 0 Å². The van der Waals surface area contributed by atoms with Crippen LogP contribution in [0.4, 0.5) is 0 Å². The molecule has 1 aliphatic rings. The highest BCUT2D eigenvalue weighted by Crippen LogP contribution is 2.18.